The molecule has 1 aliphatic rings. The molecular weight excluding hydrogens is 232 g/mol. The minimum Gasteiger partial charge on any atom is -0.455 e. The summed E-state index contributed by atoms with van der Waals surface area (Å²) in [4.78, 5) is 14.4. The van der Waals surface area contributed by atoms with Crippen molar-refractivity contribution in [3.05, 3.63) is 57.9 Å². The van der Waals surface area contributed by atoms with E-state index in [1.54, 1.807) is 0 Å². The Hall–Kier alpha value is -2.43. The highest BCUT2D eigenvalue weighted by Crippen LogP contribution is 2.34. The molecule has 1 aromatic carbocycles. The van der Waals surface area contributed by atoms with Crippen molar-refractivity contribution in [1.29, 1.82) is 0 Å². The van der Waals surface area contributed by atoms with Gasteiger partial charge in [0.1, 0.15) is 11.9 Å². The number of ether oxygens (including phenoxy) is 1. The van der Waals surface area contributed by atoms with Crippen LogP contribution in [0.1, 0.15) is 11.3 Å². The molecule has 0 atom stereocenters. The van der Waals surface area contributed by atoms with Gasteiger partial charge in [0.25, 0.3) is 5.69 Å². The van der Waals surface area contributed by atoms with Crippen LogP contribution in [0.4, 0.5) is 5.69 Å². The van der Waals surface area contributed by atoms with Gasteiger partial charge in [-0.2, -0.15) is 0 Å². The molecule has 5 heteroatoms. The van der Waals surface area contributed by atoms with E-state index in [2.05, 4.69) is 4.98 Å². The zero-order valence-electron chi connectivity index (χ0n) is 9.50. The fourth-order valence-corrected chi connectivity index (χ4v) is 2.02. The number of pyridine rings is 1. The zero-order valence-corrected chi connectivity index (χ0v) is 9.50. The van der Waals surface area contributed by atoms with Crippen LogP contribution in [0.25, 0.3) is 0 Å². The zero-order chi connectivity index (χ0) is 12.5. The van der Waals surface area contributed by atoms with Crippen LogP contribution in [0.5, 0.6) is 11.5 Å². The summed E-state index contributed by atoms with van der Waals surface area (Å²) in [6, 6.07) is 9.13. The highest BCUT2D eigenvalue weighted by molar-refractivity contribution is 5.46. The van der Waals surface area contributed by atoms with Crippen molar-refractivity contribution >= 4 is 5.69 Å². The largest absolute Gasteiger partial charge is 0.455 e. The number of benzene rings is 1. The second-order valence-electron chi connectivity index (χ2n) is 4.11. The lowest BCUT2D eigenvalue weighted by Crippen LogP contribution is -1.96. The monoisotopic (exact) mass is 242 g/mol. The van der Waals surface area contributed by atoms with Crippen molar-refractivity contribution in [2.75, 3.05) is 0 Å². The van der Waals surface area contributed by atoms with E-state index in [0.717, 1.165) is 29.8 Å². The number of para-hydroxylation sites is 1. The van der Waals surface area contributed by atoms with E-state index in [9.17, 15) is 10.1 Å². The molecule has 0 unspecified atom stereocenters. The van der Waals surface area contributed by atoms with Gasteiger partial charge in [-0.15, -0.1) is 0 Å². The van der Waals surface area contributed by atoms with Crippen molar-refractivity contribution in [1.82, 2.24) is 4.98 Å². The number of hydrogen-bond acceptors (Lipinski definition) is 4. The molecular formula is C13H10N2O3. The van der Waals surface area contributed by atoms with Gasteiger partial charge in [0.2, 0.25) is 0 Å². The average Bonchev–Trinajstić information content (AvgIpc) is 2.56. The average molecular weight is 242 g/mol. The maximum Gasteiger partial charge on any atom is 0.291 e. The van der Waals surface area contributed by atoms with Crippen LogP contribution in [-0.2, 0) is 12.8 Å². The van der Waals surface area contributed by atoms with E-state index in [4.69, 9.17) is 4.74 Å². The molecule has 18 heavy (non-hydrogen) atoms. The fraction of sp³-hybridized carbons (Fsp3) is 0.154. The van der Waals surface area contributed by atoms with E-state index in [1.165, 1.54) is 12.3 Å². The van der Waals surface area contributed by atoms with Crippen LogP contribution in [0.3, 0.4) is 0 Å². The summed E-state index contributed by atoms with van der Waals surface area (Å²) in [5.74, 6) is 1.23. The van der Waals surface area contributed by atoms with Crippen LogP contribution in [0.15, 0.2) is 36.5 Å². The maximum absolute atomic E-state index is 10.7. The molecule has 2 heterocycles. The molecule has 0 radical (unpaired) electrons. The van der Waals surface area contributed by atoms with Crippen molar-refractivity contribution in [2.24, 2.45) is 0 Å². The van der Waals surface area contributed by atoms with Crippen LogP contribution in [0.2, 0.25) is 0 Å². The van der Waals surface area contributed by atoms with Crippen LogP contribution < -0.4 is 4.74 Å². The first-order chi connectivity index (χ1) is 8.74. The maximum atomic E-state index is 10.7. The van der Waals surface area contributed by atoms with Crippen molar-refractivity contribution in [3.63, 3.8) is 0 Å². The molecule has 0 amide bonds. The third-order valence-corrected chi connectivity index (χ3v) is 2.95. The highest BCUT2D eigenvalue weighted by atomic mass is 16.6. The Labute approximate surface area is 103 Å². The van der Waals surface area contributed by atoms with E-state index in [1.807, 2.05) is 24.3 Å². The van der Waals surface area contributed by atoms with Crippen molar-refractivity contribution < 1.29 is 9.66 Å². The van der Waals surface area contributed by atoms with E-state index in [0.29, 0.717) is 5.75 Å². The number of nitrogens with zero attached hydrogens (tertiary/aromatic N) is 2. The molecule has 90 valence electrons. The third-order valence-electron chi connectivity index (χ3n) is 2.95. The highest BCUT2D eigenvalue weighted by Gasteiger charge is 2.18. The summed E-state index contributed by atoms with van der Waals surface area (Å²) < 4.78 is 5.73. The van der Waals surface area contributed by atoms with Gasteiger partial charge in [-0.1, -0.05) is 18.2 Å². The first-order valence-electron chi connectivity index (χ1n) is 5.63. The van der Waals surface area contributed by atoms with Gasteiger partial charge in [-0.3, -0.25) is 15.1 Å². The normalized spacial score (nSPS) is 12.9. The van der Waals surface area contributed by atoms with Crippen LogP contribution >= 0.6 is 0 Å². The van der Waals surface area contributed by atoms with Crippen molar-refractivity contribution in [2.45, 2.75) is 12.8 Å². The lowest BCUT2D eigenvalue weighted by molar-refractivity contribution is -0.385. The van der Waals surface area contributed by atoms with E-state index >= 15 is 0 Å². The Morgan fingerprint density at radius 1 is 1.22 bits per heavy atom. The standard InChI is InChI=1S/C13H10N2O3/c16-15(17)10-7-13-11(14-8-10)6-5-9-3-1-2-4-12(9)18-13/h1-4,7-8H,5-6H2. The summed E-state index contributed by atoms with van der Waals surface area (Å²) >= 11 is 0. The number of hydrogen-bond donors (Lipinski definition) is 0. The SMILES string of the molecule is O=[N+]([O-])c1cnc2c(c1)Oc1ccccc1CC2. The Morgan fingerprint density at radius 3 is 2.89 bits per heavy atom. The third kappa shape index (κ3) is 1.79. The van der Waals surface area contributed by atoms with Gasteiger partial charge < -0.3 is 4.74 Å². The quantitative estimate of drug-likeness (QED) is 0.569. The molecule has 0 saturated heterocycles. The predicted octanol–water partition coefficient (Wildman–Crippen LogP) is 2.88. The second kappa shape index (κ2) is 4.10. The van der Waals surface area contributed by atoms with Crippen LogP contribution in [0, 0.1) is 10.1 Å². The Bertz CT molecular complexity index is 625. The van der Waals surface area contributed by atoms with Gasteiger partial charge >= 0.3 is 0 Å². The smallest absolute Gasteiger partial charge is 0.291 e. The van der Waals surface area contributed by atoms with Crippen molar-refractivity contribution in [3.8, 4) is 11.5 Å². The fourth-order valence-electron chi connectivity index (χ4n) is 2.02. The summed E-state index contributed by atoms with van der Waals surface area (Å²) in [7, 11) is 0. The van der Waals surface area contributed by atoms with Crippen LogP contribution in [-0.4, -0.2) is 9.91 Å². The van der Waals surface area contributed by atoms with Gasteiger partial charge in [-0.05, 0) is 24.5 Å². The van der Waals surface area contributed by atoms with Gasteiger partial charge in [0, 0.05) is 0 Å². The van der Waals surface area contributed by atoms with Gasteiger partial charge in [-0.25, -0.2) is 0 Å². The minimum absolute atomic E-state index is 0.0480. The molecule has 0 spiro atoms. The second-order valence-corrected chi connectivity index (χ2v) is 4.11. The summed E-state index contributed by atoms with van der Waals surface area (Å²) in [6.45, 7) is 0. The molecule has 0 fully saturated rings. The number of aryl methyl sites for hydroxylation is 2. The Balaban J connectivity index is 2.07. The summed E-state index contributed by atoms with van der Waals surface area (Å²) in [6.07, 6.45) is 2.83. The molecule has 0 bridgehead atoms. The number of nitro groups is 1. The molecule has 3 rings (SSSR count). The minimum atomic E-state index is -0.465. The lowest BCUT2D eigenvalue weighted by Gasteiger charge is -2.07. The first-order valence-corrected chi connectivity index (χ1v) is 5.63. The summed E-state index contributed by atoms with van der Waals surface area (Å²) in [5.41, 5.74) is 1.81. The van der Waals surface area contributed by atoms with E-state index in [-0.39, 0.29) is 5.69 Å². The molecule has 2 aromatic rings. The summed E-state index contributed by atoms with van der Waals surface area (Å²) in [5, 5.41) is 10.7. The number of rotatable bonds is 1. The predicted molar refractivity (Wildman–Crippen MR) is 64.8 cm³/mol. The lowest BCUT2D eigenvalue weighted by atomic mass is 10.1. The first kappa shape index (κ1) is 10.7. The molecule has 1 aromatic heterocycles. The Kier molecular flexibility index (Phi) is 2.44. The molecule has 0 N–H and O–H groups in total. The van der Waals surface area contributed by atoms with E-state index < -0.39 is 4.92 Å². The number of fused-ring (bicyclic) bond motifs is 2. The van der Waals surface area contributed by atoms with Gasteiger partial charge in [0.15, 0.2) is 5.75 Å². The van der Waals surface area contributed by atoms with Gasteiger partial charge in [0.05, 0.1) is 16.7 Å². The topological polar surface area (TPSA) is 65.3 Å². The number of aromatic nitrogens is 1. The Morgan fingerprint density at radius 2 is 2.06 bits per heavy atom. The molecule has 0 aliphatic carbocycles. The molecule has 1 aliphatic heterocycles. The molecule has 5 nitrogen and oxygen atoms in total. The molecule has 0 saturated carbocycles.